The zero-order chi connectivity index (χ0) is 23.1. The number of likely N-dealkylation sites (N-methyl/N-ethyl adjacent to an activating group) is 1. The van der Waals surface area contributed by atoms with E-state index in [1.807, 2.05) is 60.5 Å². The summed E-state index contributed by atoms with van der Waals surface area (Å²) in [7, 11) is 1.91. The highest BCUT2D eigenvalue weighted by atomic mass is 19.4. The van der Waals surface area contributed by atoms with Gasteiger partial charge in [-0.15, -0.1) is 0 Å². The average molecular weight is 435 g/mol. The van der Waals surface area contributed by atoms with Crippen LogP contribution in [0, 0.1) is 0 Å². The predicted octanol–water partition coefficient (Wildman–Crippen LogP) is 6.50. The lowest BCUT2D eigenvalue weighted by Crippen LogP contribution is -2.23. The second-order valence-corrected chi connectivity index (χ2v) is 7.63. The van der Waals surface area contributed by atoms with E-state index in [-0.39, 0.29) is 5.78 Å². The van der Waals surface area contributed by atoms with Gasteiger partial charge in [0.15, 0.2) is 5.78 Å². The first-order valence-corrected chi connectivity index (χ1v) is 10.1. The van der Waals surface area contributed by atoms with E-state index in [1.54, 1.807) is 18.2 Å². The molecule has 3 aromatic carbocycles. The van der Waals surface area contributed by atoms with Crippen LogP contribution in [0.15, 0.2) is 97.1 Å². The highest BCUT2D eigenvalue weighted by Gasteiger charge is 2.29. The lowest BCUT2D eigenvalue weighted by atomic mass is 9.94. The van der Waals surface area contributed by atoms with Crippen molar-refractivity contribution in [1.82, 2.24) is 4.90 Å². The van der Waals surface area contributed by atoms with E-state index in [0.717, 1.165) is 17.7 Å². The first kappa shape index (κ1) is 23.2. The van der Waals surface area contributed by atoms with Gasteiger partial charge in [0.05, 0.1) is 5.56 Å². The maximum Gasteiger partial charge on any atom is 0.416 e. The van der Waals surface area contributed by atoms with E-state index in [1.165, 1.54) is 12.1 Å². The average Bonchev–Trinajstić information content (AvgIpc) is 2.78. The lowest BCUT2D eigenvalue weighted by molar-refractivity contribution is -0.137. The van der Waals surface area contributed by atoms with E-state index < -0.39 is 11.7 Å². The summed E-state index contributed by atoms with van der Waals surface area (Å²) >= 11 is 0. The van der Waals surface area contributed by atoms with Crippen LogP contribution in [0.3, 0.4) is 0 Å². The van der Waals surface area contributed by atoms with Gasteiger partial charge in [-0.25, -0.2) is 0 Å². The van der Waals surface area contributed by atoms with Crippen molar-refractivity contribution in [1.29, 1.82) is 0 Å². The molecule has 5 heteroatoms. The molecule has 0 heterocycles. The van der Waals surface area contributed by atoms with Gasteiger partial charge in [0.1, 0.15) is 0 Å². The molecule has 0 radical (unpaired) electrons. The summed E-state index contributed by atoms with van der Waals surface area (Å²) < 4.78 is 38.6. The van der Waals surface area contributed by atoms with Gasteiger partial charge in [-0.1, -0.05) is 79.4 Å². The fourth-order valence-electron chi connectivity index (χ4n) is 3.37. The molecule has 3 rings (SSSR count). The van der Waals surface area contributed by atoms with E-state index in [2.05, 4.69) is 6.58 Å². The van der Waals surface area contributed by atoms with Crippen LogP contribution in [0.5, 0.6) is 0 Å². The molecule has 0 atom stereocenters. The number of halogens is 3. The summed E-state index contributed by atoms with van der Waals surface area (Å²) in [6.45, 7) is 5.02. The van der Waals surface area contributed by atoms with Crippen molar-refractivity contribution < 1.29 is 18.0 Å². The van der Waals surface area contributed by atoms with Crippen molar-refractivity contribution in [2.45, 2.75) is 12.7 Å². The fourth-order valence-corrected chi connectivity index (χ4v) is 3.37. The van der Waals surface area contributed by atoms with Gasteiger partial charge in [0.2, 0.25) is 0 Å². The van der Waals surface area contributed by atoms with Gasteiger partial charge >= 0.3 is 6.18 Å². The fraction of sp³-hybridized carbons (Fsp3) is 0.148. The van der Waals surface area contributed by atoms with Crippen LogP contribution < -0.4 is 0 Å². The van der Waals surface area contributed by atoms with E-state index in [4.69, 9.17) is 0 Å². The summed E-state index contributed by atoms with van der Waals surface area (Å²) in [5, 5.41) is 0. The molecule has 0 aliphatic rings. The molecule has 0 aliphatic carbocycles. The number of carbonyl (C=O) groups is 1. The molecule has 0 aliphatic heterocycles. The Morgan fingerprint density at radius 3 is 2.03 bits per heavy atom. The molecule has 0 aromatic heterocycles. The van der Waals surface area contributed by atoms with Crippen LogP contribution in [0.2, 0.25) is 0 Å². The van der Waals surface area contributed by atoms with Gasteiger partial charge in [-0.05, 0) is 41.9 Å². The molecule has 0 unspecified atom stereocenters. The number of carbonyl (C=O) groups excluding carboxylic acids is 1. The molecular weight excluding hydrogens is 411 g/mol. The summed E-state index contributed by atoms with van der Waals surface area (Å²) in [4.78, 5) is 15.3. The number of hydrogen-bond donors (Lipinski definition) is 0. The third-order valence-corrected chi connectivity index (χ3v) is 4.96. The number of ketones is 1. The molecule has 2 nitrogen and oxygen atoms in total. The van der Waals surface area contributed by atoms with Crippen LogP contribution in [-0.4, -0.2) is 24.3 Å². The minimum atomic E-state index is -4.40. The largest absolute Gasteiger partial charge is 0.416 e. The molecule has 0 N–H and O–H groups in total. The molecule has 0 saturated carbocycles. The smallest absolute Gasteiger partial charge is 0.298 e. The molecule has 0 bridgehead atoms. The van der Waals surface area contributed by atoms with Crippen LogP contribution in [0.4, 0.5) is 13.2 Å². The van der Waals surface area contributed by atoms with Crippen LogP contribution in [0.25, 0.3) is 11.6 Å². The Kier molecular flexibility index (Phi) is 7.44. The Morgan fingerprint density at radius 1 is 0.906 bits per heavy atom. The third-order valence-electron chi connectivity index (χ3n) is 4.96. The summed E-state index contributed by atoms with van der Waals surface area (Å²) in [6.07, 6.45) is -2.79. The Morgan fingerprint density at radius 2 is 1.47 bits per heavy atom. The van der Waals surface area contributed by atoms with Crippen molar-refractivity contribution in [3.63, 3.8) is 0 Å². The second-order valence-electron chi connectivity index (χ2n) is 7.63. The minimum Gasteiger partial charge on any atom is -0.298 e. The minimum absolute atomic E-state index is 0.240. The quantitative estimate of drug-likeness (QED) is 0.297. The predicted molar refractivity (Wildman–Crippen MR) is 123 cm³/mol. The van der Waals surface area contributed by atoms with Gasteiger partial charge in [0.25, 0.3) is 0 Å². The maximum absolute atomic E-state index is 13.3. The Hall–Kier alpha value is -3.44. The van der Waals surface area contributed by atoms with Crippen LogP contribution >= 0.6 is 0 Å². The standard InChI is InChI=1S/C27H24F3NO/c1-20(18-31(2)19-22-9-5-3-6-10-22)26(32)25(23-11-7-4-8-12-23)17-21-13-15-24(16-14-21)27(28,29)30/h3-17H,1,18-19H2,2H3/b25-17-. The molecule has 0 amide bonds. The molecule has 0 fully saturated rings. The Balaban J connectivity index is 1.83. The summed E-state index contributed by atoms with van der Waals surface area (Å²) in [6, 6.07) is 23.7. The first-order valence-electron chi connectivity index (χ1n) is 10.1. The van der Waals surface area contributed by atoms with Crippen LogP contribution in [-0.2, 0) is 17.5 Å². The zero-order valence-corrected chi connectivity index (χ0v) is 17.8. The molecular formula is C27H24F3NO. The van der Waals surface area contributed by atoms with Crippen LogP contribution in [0.1, 0.15) is 22.3 Å². The first-order chi connectivity index (χ1) is 15.2. The van der Waals surface area contributed by atoms with E-state index >= 15 is 0 Å². The molecule has 3 aromatic rings. The number of nitrogens with zero attached hydrogens (tertiary/aromatic N) is 1. The maximum atomic E-state index is 13.3. The summed E-state index contributed by atoms with van der Waals surface area (Å²) in [5.74, 6) is -0.240. The lowest BCUT2D eigenvalue weighted by Gasteiger charge is -2.18. The topological polar surface area (TPSA) is 20.3 Å². The van der Waals surface area contributed by atoms with Crippen molar-refractivity contribution in [3.05, 3.63) is 119 Å². The van der Waals surface area contributed by atoms with Crippen molar-refractivity contribution >= 4 is 17.4 Å². The number of allylic oxidation sites excluding steroid dienone is 1. The normalized spacial score (nSPS) is 12.1. The highest BCUT2D eigenvalue weighted by Crippen LogP contribution is 2.30. The van der Waals surface area contributed by atoms with Crippen molar-refractivity contribution in [2.75, 3.05) is 13.6 Å². The van der Waals surface area contributed by atoms with Gasteiger partial charge in [0, 0.05) is 24.2 Å². The number of rotatable bonds is 8. The van der Waals surface area contributed by atoms with Crippen molar-refractivity contribution in [2.24, 2.45) is 0 Å². The number of hydrogen-bond acceptors (Lipinski definition) is 2. The second kappa shape index (κ2) is 10.2. The molecule has 164 valence electrons. The SMILES string of the molecule is C=C(CN(C)Cc1ccccc1)C(=O)/C(=C\c1ccc(C(F)(F)F)cc1)c1ccccc1. The summed E-state index contributed by atoms with van der Waals surface area (Å²) in [5.41, 5.74) is 2.39. The monoisotopic (exact) mass is 435 g/mol. The zero-order valence-electron chi connectivity index (χ0n) is 17.8. The highest BCUT2D eigenvalue weighted by molar-refractivity contribution is 6.32. The van der Waals surface area contributed by atoms with E-state index in [0.29, 0.717) is 35.4 Å². The van der Waals surface area contributed by atoms with E-state index in [9.17, 15) is 18.0 Å². The number of alkyl halides is 3. The third kappa shape index (κ3) is 6.28. The molecule has 0 saturated heterocycles. The Bertz CT molecular complexity index is 1090. The number of benzene rings is 3. The van der Waals surface area contributed by atoms with Gasteiger partial charge < -0.3 is 0 Å². The van der Waals surface area contributed by atoms with Crippen molar-refractivity contribution in [3.8, 4) is 0 Å². The number of Topliss-reactive ketones (excluding diaryl/α,β-unsaturated/α-hetero) is 1. The van der Waals surface area contributed by atoms with Gasteiger partial charge in [-0.3, -0.25) is 9.69 Å². The van der Waals surface area contributed by atoms with Gasteiger partial charge in [-0.2, -0.15) is 13.2 Å². The Labute approximate surface area is 186 Å². The molecule has 0 spiro atoms. The molecule has 32 heavy (non-hydrogen) atoms.